The Labute approximate surface area is 146 Å². The summed E-state index contributed by atoms with van der Waals surface area (Å²) in [6.45, 7) is 0. The van der Waals surface area contributed by atoms with E-state index in [1.165, 1.54) is 9.36 Å². The Bertz CT molecular complexity index is 1040. The van der Waals surface area contributed by atoms with Gasteiger partial charge in [0.2, 0.25) is 10.0 Å². The van der Waals surface area contributed by atoms with E-state index in [1.54, 1.807) is 19.2 Å². The van der Waals surface area contributed by atoms with Crippen molar-refractivity contribution in [2.24, 2.45) is 7.05 Å². The highest BCUT2D eigenvalue weighted by Gasteiger charge is 2.21. The molecule has 1 heterocycles. The normalized spacial score (nSPS) is 11.4. The predicted molar refractivity (Wildman–Crippen MR) is 98.7 cm³/mol. The molecule has 1 N–H and O–H groups in total. The molecule has 3 aromatic rings. The van der Waals surface area contributed by atoms with Crippen molar-refractivity contribution >= 4 is 15.8 Å². The summed E-state index contributed by atoms with van der Waals surface area (Å²) in [5.41, 5.74) is 1.76. The molecule has 1 aromatic heterocycles. The second-order valence-electron chi connectivity index (χ2n) is 5.84. The molecule has 2 aromatic carbocycles. The average molecular weight is 357 g/mol. The maximum Gasteiger partial charge on any atom is 0.277 e. The minimum absolute atomic E-state index is 0.247. The molecule has 0 saturated carbocycles. The maximum atomic E-state index is 13.0. The van der Waals surface area contributed by atoms with E-state index in [-0.39, 0.29) is 11.4 Å². The van der Waals surface area contributed by atoms with Gasteiger partial charge in [-0.2, -0.15) is 0 Å². The first-order chi connectivity index (χ1) is 11.9. The van der Waals surface area contributed by atoms with Crippen molar-refractivity contribution in [3.8, 4) is 5.69 Å². The van der Waals surface area contributed by atoms with Gasteiger partial charge in [0.15, 0.2) is 0 Å². The average Bonchev–Trinajstić information content (AvgIpc) is 2.79. The van der Waals surface area contributed by atoms with Crippen LogP contribution < -0.4 is 10.3 Å². The van der Waals surface area contributed by atoms with Crippen LogP contribution in [0.25, 0.3) is 5.69 Å². The summed E-state index contributed by atoms with van der Waals surface area (Å²) in [7, 11) is -1.86. The van der Waals surface area contributed by atoms with Crippen molar-refractivity contribution in [3.05, 3.63) is 82.1 Å². The molecule has 130 valence electrons. The summed E-state index contributed by atoms with van der Waals surface area (Å²) in [6.07, 6.45) is 1.41. The SMILES string of the molecule is Cn1c(NS(C)(=O)=O)c(Cc2ccccc2)c(=O)n1-c1ccccc1. The molecule has 25 heavy (non-hydrogen) atoms. The first-order valence-electron chi connectivity index (χ1n) is 7.75. The summed E-state index contributed by atoms with van der Waals surface area (Å²) >= 11 is 0. The number of benzene rings is 2. The van der Waals surface area contributed by atoms with Gasteiger partial charge in [0.1, 0.15) is 5.82 Å². The van der Waals surface area contributed by atoms with Gasteiger partial charge in [-0.25, -0.2) is 13.1 Å². The molecule has 0 radical (unpaired) electrons. The van der Waals surface area contributed by atoms with Crippen molar-refractivity contribution in [1.82, 2.24) is 9.36 Å². The third-order valence-corrected chi connectivity index (χ3v) is 4.43. The number of hydrogen-bond acceptors (Lipinski definition) is 3. The first kappa shape index (κ1) is 17.0. The molecule has 0 aliphatic carbocycles. The van der Waals surface area contributed by atoms with E-state index in [4.69, 9.17) is 0 Å². The molecular formula is C18H19N3O3S. The number of sulfonamides is 1. The van der Waals surface area contributed by atoms with Gasteiger partial charge in [-0.05, 0) is 17.7 Å². The minimum Gasteiger partial charge on any atom is -0.267 e. The Hall–Kier alpha value is -2.80. The zero-order valence-corrected chi connectivity index (χ0v) is 14.8. The third kappa shape index (κ3) is 3.66. The topological polar surface area (TPSA) is 73.1 Å². The van der Waals surface area contributed by atoms with Crippen molar-refractivity contribution < 1.29 is 8.42 Å². The highest BCUT2D eigenvalue weighted by Crippen LogP contribution is 2.20. The van der Waals surface area contributed by atoms with Crippen LogP contribution in [0.3, 0.4) is 0 Å². The van der Waals surface area contributed by atoms with Gasteiger partial charge in [-0.15, -0.1) is 0 Å². The molecular weight excluding hydrogens is 338 g/mol. The van der Waals surface area contributed by atoms with Gasteiger partial charge < -0.3 is 0 Å². The molecule has 0 aliphatic rings. The lowest BCUT2D eigenvalue weighted by atomic mass is 10.1. The minimum atomic E-state index is -3.52. The fourth-order valence-corrected chi connectivity index (χ4v) is 3.39. The molecule has 0 atom stereocenters. The maximum absolute atomic E-state index is 13.0. The number of para-hydroxylation sites is 1. The van der Waals surface area contributed by atoms with Gasteiger partial charge >= 0.3 is 0 Å². The van der Waals surface area contributed by atoms with Crippen molar-refractivity contribution in [2.75, 3.05) is 11.0 Å². The summed E-state index contributed by atoms with van der Waals surface area (Å²) in [5.74, 6) is 0.278. The van der Waals surface area contributed by atoms with Crippen LogP contribution in [0.4, 0.5) is 5.82 Å². The zero-order valence-electron chi connectivity index (χ0n) is 14.0. The molecule has 0 fully saturated rings. The largest absolute Gasteiger partial charge is 0.277 e. The number of anilines is 1. The Morgan fingerprint density at radius 1 is 0.960 bits per heavy atom. The van der Waals surface area contributed by atoms with Crippen LogP contribution in [0, 0.1) is 0 Å². The van der Waals surface area contributed by atoms with Crippen LogP contribution in [0.15, 0.2) is 65.5 Å². The van der Waals surface area contributed by atoms with Gasteiger partial charge in [-0.1, -0.05) is 48.5 Å². The second-order valence-corrected chi connectivity index (χ2v) is 7.59. The van der Waals surface area contributed by atoms with Crippen LogP contribution in [-0.4, -0.2) is 24.0 Å². The number of hydrogen-bond donors (Lipinski definition) is 1. The monoisotopic (exact) mass is 357 g/mol. The summed E-state index contributed by atoms with van der Waals surface area (Å²) < 4.78 is 29.0. The molecule has 0 spiro atoms. The second kappa shape index (κ2) is 6.60. The quantitative estimate of drug-likeness (QED) is 0.760. The number of nitrogens with zero attached hydrogens (tertiary/aromatic N) is 2. The van der Waals surface area contributed by atoms with Crippen LogP contribution in [0.2, 0.25) is 0 Å². The van der Waals surface area contributed by atoms with Crippen molar-refractivity contribution in [1.29, 1.82) is 0 Å². The van der Waals surface area contributed by atoms with E-state index in [9.17, 15) is 13.2 Å². The smallest absolute Gasteiger partial charge is 0.267 e. The number of nitrogens with one attached hydrogen (secondary N) is 1. The number of rotatable bonds is 5. The van der Waals surface area contributed by atoms with Crippen molar-refractivity contribution in [3.63, 3.8) is 0 Å². The molecule has 6 nitrogen and oxygen atoms in total. The molecule has 0 aliphatic heterocycles. The highest BCUT2D eigenvalue weighted by atomic mass is 32.2. The zero-order chi connectivity index (χ0) is 18.0. The molecule has 0 unspecified atom stereocenters. The van der Waals surface area contributed by atoms with E-state index in [2.05, 4.69) is 4.72 Å². The standard InChI is InChI=1S/C18H19N3O3S/c1-20-17(19-25(2,23)24)16(13-14-9-5-3-6-10-14)18(22)21(20)15-11-7-4-8-12-15/h3-12,19H,13H2,1-2H3. The lowest BCUT2D eigenvalue weighted by Gasteiger charge is -2.11. The van der Waals surface area contributed by atoms with Gasteiger partial charge in [-0.3, -0.25) is 14.2 Å². The van der Waals surface area contributed by atoms with Gasteiger partial charge in [0, 0.05) is 13.5 Å². The number of aromatic nitrogens is 2. The van der Waals surface area contributed by atoms with Crippen LogP contribution in [0.1, 0.15) is 11.1 Å². The fourth-order valence-electron chi connectivity index (χ4n) is 2.78. The van der Waals surface area contributed by atoms with E-state index >= 15 is 0 Å². The molecule has 3 rings (SSSR count). The Kier molecular flexibility index (Phi) is 4.50. The van der Waals surface area contributed by atoms with E-state index in [0.29, 0.717) is 17.7 Å². The van der Waals surface area contributed by atoms with E-state index < -0.39 is 10.0 Å². The van der Waals surface area contributed by atoms with Gasteiger partial charge in [0.05, 0.1) is 17.5 Å². The molecule has 0 saturated heterocycles. The van der Waals surface area contributed by atoms with E-state index in [1.807, 2.05) is 48.5 Å². The third-order valence-electron chi connectivity index (χ3n) is 3.87. The van der Waals surface area contributed by atoms with Crippen LogP contribution >= 0.6 is 0 Å². The van der Waals surface area contributed by atoms with E-state index in [0.717, 1.165) is 11.8 Å². The Morgan fingerprint density at radius 3 is 2.08 bits per heavy atom. The lowest BCUT2D eigenvalue weighted by Crippen LogP contribution is -2.21. The summed E-state index contributed by atoms with van der Waals surface area (Å²) in [6, 6.07) is 18.6. The lowest BCUT2D eigenvalue weighted by molar-refractivity contribution is 0.604. The molecule has 0 bridgehead atoms. The predicted octanol–water partition coefficient (Wildman–Crippen LogP) is 2.14. The first-order valence-corrected chi connectivity index (χ1v) is 9.64. The van der Waals surface area contributed by atoms with Gasteiger partial charge in [0.25, 0.3) is 5.56 Å². The molecule has 7 heteroatoms. The fraction of sp³-hybridized carbons (Fsp3) is 0.167. The van der Waals surface area contributed by atoms with Crippen molar-refractivity contribution in [2.45, 2.75) is 6.42 Å². The Morgan fingerprint density at radius 2 is 1.52 bits per heavy atom. The molecule has 0 amide bonds. The van der Waals surface area contributed by atoms with Crippen LogP contribution in [0.5, 0.6) is 0 Å². The highest BCUT2D eigenvalue weighted by molar-refractivity contribution is 7.92. The van der Waals surface area contributed by atoms with Crippen LogP contribution in [-0.2, 0) is 23.5 Å². The Balaban J connectivity index is 2.20. The summed E-state index contributed by atoms with van der Waals surface area (Å²) in [4.78, 5) is 13.0. The summed E-state index contributed by atoms with van der Waals surface area (Å²) in [5, 5.41) is 0.